The van der Waals surface area contributed by atoms with E-state index in [1.54, 1.807) is 13.3 Å². The Morgan fingerprint density at radius 2 is 2.00 bits per heavy atom. The number of anilines is 2. The molecule has 8 heteroatoms. The monoisotopic (exact) mass is 423 g/mol. The van der Waals surface area contributed by atoms with Crippen molar-refractivity contribution >= 4 is 22.7 Å². The highest BCUT2D eigenvalue weighted by molar-refractivity contribution is 5.86. The van der Waals surface area contributed by atoms with Gasteiger partial charge in [-0.3, -0.25) is 0 Å². The van der Waals surface area contributed by atoms with Gasteiger partial charge in [-0.1, -0.05) is 0 Å². The lowest BCUT2D eigenvalue weighted by Crippen LogP contribution is -2.19. The first-order valence-electron chi connectivity index (χ1n) is 11.1. The number of furan rings is 1. The highest BCUT2D eigenvalue weighted by Gasteiger charge is 2.27. The second-order valence-corrected chi connectivity index (χ2v) is 8.76. The van der Waals surface area contributed by atoms with E-state index in [0.717, 1.165) is 54.2 Å². The van der Waals surface area contributed by atoms with Gasteiger partial charge in [-0.2, -0.15) is 4.98 Å². The molecule has 5 rings (SSSR count). The van der Waals surface area contributed by atoms with Crippen molar-refractivity contribution in [1.29, 1.82) is 0 Å². The van der Waals surface area contributed by atoms with Crippen LogP contribution >= 0.6 is 0 Å². The number of ether oxygens (including phenoxy) is 1. The number of methoxy groups -OCH3 is 1. The fourth-order valence-corrected chi connectivity index (χ4v) is 4.33. The Morgan fingerprint density at radius 3 is 2.74 bits per heavy atom. The van der Waals surface area contributed by atoms with E-state index in [9.17, 15) is 5.11 Å². The first kappa shape index (κ1) is 20.1. The topological polar surface area (TPSA) is 105 Å². The minimum atomic E-state index is 0.237. The van der Waals surface area contributed by atoms with Crippen LogP contribution < -0.4 is 15.4 Å². The summed E-state index contributed by atoms with van der Waals surface area (Å²) in [7, 11) is 1.60. The van der Waals surface area contributed by atoms with Gasteiger partial charge in [0.15, 0.2) is 5.58 Å². The molecule has 3 aromatic heterocycles. The molecule has 0 saturated heterocycles. The van der Waals surface area contributed by atoms with E-state index in [2.05, 4.69) is 15.6 Å². The zero-order valence-electron chi connectivity index (χ0n) is 18.0. The van der Waals surface area contributed by atoms with Gasteiger partial charge in [0, 0.05) is 30.6 Å². The lowest BCUT2D eigenvalue weighted by atomic mass is 10.1. The van der Waals surface area contributed by atoms with Gasteiger partial charge >= 0.3 is 0 Å². The van der Waals surface area contributed by atoms with Crippen LogP contribution in [0.15, 0.2) is 22.7 Å². The summed E-state index contributed by atoms with van der Waals surface area (Å²) in [5.41, 5.74) is 2.41. The number of aliphatic hydroxyl groups is 1. The van der Waals surface area contributed by atoms with Gasteiger partial charge < -0.3 is 24.9 Å². The first-order valence-corrected chi connectivity index (χ1v) is 11.1. The van der Waals surface area contributed by atoms with Crippen molar-refractivity contribution in [2.24, 2.45) is 11.8 Å². The van der Waals surface area contributed by atoms with Gasteiger partial charge in [0.1, 0.15) is 11.6 Å². The fraction of sp³-hybridized carbons (Fsp3) is 0.522. The molecule has 0 aliphatic heterocycles. The molecule has 2 fully saturated rings. The number of aryl methyl sites for hydroxylation is 1. The van der Waals surface area contributed by atoms with Gasteiger partial charge in [-0.15, -0.1) is 0 Å². The van der Waals surface area contributed by atoms with Gasteiger partial charge in [0.25, 0.3) is 0 Å². The molecule has 2 saturated carbocycles. The predicted molar refractivity (Wildman–Crippen MR) is 119 cm³/mol. The van der Waals surface area contributed by atoms with Crippen molar-refractivity contribution in [3.63, 3.8) is 0 Å². The summed E-state index contributed by atoms with van der Waals surface area (Å²) in [6.45, 7) is 3.13. The van der Waals surface area contributed by atoms with E-state index in [1.165, 1.54) is 12.8 Å². The quantitative estimate of drug-likeness (QED) is 0.499. The minimum Gasteiger partial charge on any atom is -0.481 e. The number of pyridine rings is 1. The highest BCUT2D eigenvalue weighted by Crippen LogP contribution is 2.37. The number of nitrogens with zero attached hydrogens (tertiary/aromatic N) is 3. The predicted octanol–water partition coefficient (Wildman–Crippen LogP) is 4.00. The zero-order valence-corrected chi connectivity index (χ0v) is 18.0. The number of nitrogens with one attached hydrogen (secondary N) is 2. The third-order valence-corrected chi connectivity index (χ3v) is 6.31. The molecule has 3 N–H and O–H groups in total. The Balaban J connectivity index is 1.51. The van der Waals surface area contributed by atoms with Crippen LogP contribution in [0.5, 0.6) is 5.88 Å². The maximum absolute atomic E-state index is 9.53. The van der Waals surface area contributed by atoms with Crippen LogP contribution in [0, 0.1) is 18.8 Å². The molecule has 3 heterocycles. The Kier molecular flexibility index (Phi) is 5.40. The summed E-state index contributed by atoms with van der Waals surface area (Å²) >= 11 is 0. The summed E-state index contributed by atoms with van der Waals surface area (Å²) in [6, 6.07) is 4.12. The van der Waals surface area contributed by atoms with Crippen LogP contribution in [0.4, 0.5) is 11.8 Å². The SMILES string of the molecule is COc1cc2cc(-c3c(C)nc(NCC4CC4)nc3NC3CCC(CO)C3)oc2cn1. The molecule has 0 aromatic carbocycles. The van der Waals surface area contributed by atoms with Crippen LogP contribution in [0.1, 0.15) is 37.8 Å². The standard InChI is InChI=1S/C23H29N5O3/c1-13-21(18-8-16-9-20(30-2)24-11-19(16)31-18)22(27-17-6-5-15(7-17)12-29)28-23(26-13)25-10-14-3-4-14/h8-9,11,14-15,17,29H,3-7,10,12H2,1-2H3,(H2,25,26,27,28). The van der Waals surface area contributed by atoms with Crippen LogP contribution in [-0.2, 0) is 0 Å². The molecule has 0 amide bonds. The maximum atomic E-state index is 9.53. The molecule has 2 aliphatic carbocycles. The molecule has 2 atom stereocenters. The number of aliphatic hydroxyl groups excluding tert-OH is 1. The van der Waals surface area contributed by atoms with Crippen LogP contribution in [0.3, 0.4) is 0 Å². The van der Waals surface area contributed by atoms with Gasteiger partial charge in [-0.05, 0) is 56.9 Å². The third kappa shape index (κ3) is 4.30. The molecule has 0 bridgehead atoms. The van der Waals surface area contributed by atoms with Crippen molar-refractivity contribution in [3.8, 4) is 17.2 Å². The van der Waals surface area contributed by atoms with Crippen LogP contribution in [-0.4, -0.2) is 46.4 Å². The smallest absolute Gasteiger partial charge is 0.224 e. The second kappa shape index (κ2) is 8.34. The van der Waals surface area contributed by atoms with E-state index in [0.29, 0.717) is 29.1 Å². The Morgan fingerprint density at radius 1 is 1.16 bits per heavy atom. The first-order chi connectivity index (χ1) is 15.1. The maximum Gasteiger partial charge on any atom is 0.224 e. The summed E-state index contributed by atoms with van der Waals surface area (Å²) in [6.07, 6.45) is 7.20. The number of aromatic nitrogens is 3. The minimum absolute atomic E-state index is 0.237. The number of rotatable bonds is 8. The zero-order chi connectivity index (χ0) is 21.4. The van der Waals surface area contributed by atoms with E-state index in [4.69, 9.17) is 19.1 Å². The summed E-state index contributed by atoms with van der Waals surface area (Å²) < 4.78 is 11.4. The Hall–Kier alpha value is -2.87. The molecule has 2 unspecified atom stereocenters. The molecule has 164 valence electrons. The third-order valence-electron chi connectivity index (χ3n) is 6.31. The molecule has 2 aliphatic rings. The average Bonchev–Trinajstić information content (AvgIpc) is 3.33. The number of hydrogen-bond acceptors (Lipinski definition) is 8. The molecule has 31 heavy (non-hydrogen) atoms. The average molecular weight is 424 g/mol. The molecule has 8 nitrogen and oxygen atoms in total. The lowest BCUT2D eigenvalue weighted by molar-refractivity contribution is 0.229. The number of fused-ring (bicyclic) bond motifs is 1. The Labute approximate surface area is 181 Å². The molecule has 0 spiro atoms. The van der Waals surface area contributed by atoms with Crippen molar-refractivity contribution < 1.29 is 14.3 Å². The van der Waals surface area contributed by atoms with Crippen LogP contribution in [0.2, 0.25) is 0 Å². The van der Waals surface area contributed by atoms with Crippen LogP contribution in [0.25, 0.3) is 22.3 Å². The van der Waals surface area contributed by atoms with Crippen molar-refractivity contribution in [2.45, 2.75) is 45.1 Å². The lowest BCUT2D eigenvalue weighted by Gasteiger charge is -2.18. The van der Waals surface area contributed by atoms with E-state index in [-0.39, 0.29) is 12.6 Å². The van der Waals surface area contributed by atoms with Crippen molar-refractivity contribution in [2.75, 3.05) is 30.9 Å². The normalized spacial score (nSPS) is 20.9. The summed E-state index contributed by atoms with van der Waals surface area (Å²) in [5, 5.41) is 17.5. The molecule has 0 radical (unpaired) electrons. The largest absolute Gasteiger partial charge is 0.481 e. The summed E-state index contributed by atoms with van der Waals surface area (Å²) in [5.74, 6) is 3.75. The molecule has 3 aromatic rings. The van der Waals surface area contributed by atoms with Gasteiger partial charge in [0.05, 0.1) is 24.6 Å². The van der Waals surface area contributed by atoms with Crippen molar-refractivity contribution in [1.82, 2.24) is 15.0 Å². The van der Waals surface area contributed by atoms with Gasteiger partial charge in [-0.25, -0.2) is 9.97 Å². The van der Waals surface area contributed by atoms with Gasteiger partial charge in [0.2, 0.25) is 11.8 Å². The second-order valence-electron chi connectivity index (χ2n) is 8.76. The highest BCUT2D eigenvalue weighted by atomic mass is 16.5. The summed E-state index contributed by atoms with van der Waals surface area (Å²) in [4.78, 5) is 13.8. The fourth-order valence-electron chi connectivity index (χ4n) is 4.33. The van der Waals surface area contributed by atoms with E-state index >= 15 is 0 Å². The van der Waals surface area contributed by atoms with Crippen molar-refractivity contribution in [3.05, 3.63) is 24.0 Å². The molecular weight excluding hydrogens is 394 g/mol. The number of hydrogen-bond donors (Lipinski definition) is 3. The van der Waals surface area contributed by atoms with E-state index in [1.807, 2.05) is 19.1 Å². The Bertz CT molecular complexity index is 1080. The van der Waals surface area contributed by atoms with E-state index < -0.39 is 0 Å². The molecular formula is C23H29N5O3.